The number of nitrogens with zero attached hydrogens (tertiary/aromatic N) is 2. The number of hydrogen-bond donors (Lipinski definition) is 0. The number of fused-ring (bicyclic) bond motifs is 1. The Labute approximate surface area is 179 Å². The van der Waals surface area contributed by atoms with Gasteiger partial charge in [-0.05, 0) is 54.1 Å². The van der Waals surface area contributed by atoms with E-state index in [0.717, 1.165) is 17.7 Å². The van der Waals surface area contributed by atoms with E-state index in [1.807, 2.05) is 48.5 Å². The third kappa shape index (κ3) is 4.29. The largest absolute Gasteiger partial charge is 0.493 e. The van der Waals surface area contributed by atoms with Crippen molar-refractivity contribution >= 4 is 34.6 Å². The van der Waals surface area contributed by atoms with Gasteiger partial charge in [-0.15, -0.1) is 0 Å². The molecular weight excluding hydrogens is 404 g/mol. The molecule has 8 heteroatoms. The number of amidine groups is 1. The zero-order valence-electron chi connectivity index (χ0n) is 16.8. The highest BCUT2D eigenvalue weighted by Gasteiger charge is 2.33. The van der Waals surface area contributed by atoms with E-state index in [1.54, 1.807) is 19.1 Å². The van der Waals surface area contributed by atoms with Crippen molar-refractivity contribution in [1.29, 1.82) is 0 Å². The summed E-state index contributed by atoms with van der Waals surface area (Å²) in [5.74, 6) is 1.68. The second-order valence-corrected chi connectivity index (χ2v) is 7.61. The number of hydrogen-bond acceptors (Lipinski definition) is 7. The number of aliphatic imine (C=N–C) groups is 1. The van der Waals surface area contributed by atoms with Gasteiger partial charge in [-0.2, -0.15) is 0 Å². The Morgan fingerprint density at radius 3 is 2.80 bits per heavy atom. The molecule has 2 heterocycles. The Morgan fingerprint density at radius 2 is 2.03 bits per heavy atom. The van der Waals surface area contributed by atoms with Crippen LogP contribution in [0.2, 0.25) is 0 Å². The van der Waals surface area contributed by atoms with Crippen molar-refractivity contribution in [2.24, 2.45) is 4.99 Å². The van der Waals surface area contributed by atoms with Crippen LogP contribution >= 0.6 is 11.8 Å². The summed E-state index contributed by atoms with van der Waals surface area (Å²) in [6.07, 6.45) is 2.55. The lowest BCUT2D eigenvalue weighted by molar-refractivity contribution is -0.122. The topological polar surface area (TPSA) is 69.6 Å². The molecule has 0 radical (unpaired) electrons. The quantitative estimate of drug-likeness (QED) is 0.491. The van der Waals surface area contributed by atoms with Crippen molar-refractivity contribution in [3.63, 3.8) is 0 Å². The number of carbonyl (C=O) groups is 1. The SMILES string of the molecule is COCCCN1C(=O)/C(=C/c2cc(OC)c3c(c2)OCO3)SC1=Nc1ccccc1. The van der Waals surface area contributed by atoms with Crippen molar-refractivity contribution in [2.75, 3.05) is 34.2 Å². The van der Waals surface area contributed by atoms with Crippen LogP contribution in [0.15, 0.2) is 52.4 Å². The lowest BCUT2D eigenvalue weighted by Gasteiger charge is -2.15. The molecule has 1 amide bonds. The molecule has 1 saturated heterocycles. The Kier molecular flexibility index (Phi) is 6.25. The zero-order chi connectivity index (χ0) is 20.9. The van der Waals surface area contributed by atoms with Gasteiger partial charge in [-0.3, -0.25) is 9.69 Å². The first-order valence-electron chi connectivity index (χ1n) is 9.51. The maximum atomic E-state index is 13.1. The molecule has 0 spiro atoms. The maximum Gasteiger partial charge on any atom is 0.266 e. The number of carbonyl (C=O) groups excluding carboxylic acids is 1. The van der Waals surface area contributed by atoms with Crippen LogP contribution in [0.3, 0.4) is 0 Å². The van der Waals surface area contributed by atoms with Gasteiger partial charge in [0.05, 0.1) is 17.7 Å². The molecule has 2 aliphatic rings. The summed E-state index contributed by atoms with van der Waals surface area (Å²) in [4.78, 5) is 20.1. The van der Waals surface area contributed by atoms with E-state index >= 15 is 0 Å². The van der Waals surface area contributed by atoms with E-state index in [4.69, 9.17) is 18.9 Å². The standard InChI is InChI=1S/C22H22N2O5S/c1-26-10-6-9-24-21(25)19(30-22(24)23-16-7-4-3-5-8-16)13-15-11-17(27-2)20-18(12-15)28-14-29-20/h3-5,7-8,11-13H,6,9-10,14H2,1-2H3/b19-13-,23-22?. The van der Waals surface area contributed by atoms with Crippen LogP contribution in [0.5, 0.6) is 17.2 Å². The Hall–Kier alpha value is -2.97. The molecule has 0 bridgehead atoms. The zero-order valence-corrected chi connectivity index (χ0v) is 17.6. The fraction of sp³-hybridized carbons (Fsp3) is 0.273. The average molecular weight is 426 g/mol. The number of amides is 1. The normalized spacial score (nSPS) is 17.9. The van der Waals surface area contributed by atoms with Crippen molar-refractivity contribution in [3.05, 3.63) is 52.9 Å². The number of benzene rings is 2. The monoisotopic (exact) mass is 426 g/mol. The molecule has 0 unspecified atom stereocenters. The first-order valence-corrected chi connectivity index (χ1v) is 10.3. The minimum Gasteiger partial charge on any atom is -0.493 e. The van der Waals surface area contributed by atoms with E-state index in [9.17, 15) is 4.79 Å². The van der Waals surface area contributed by atoms with Crippen LogP contribution in [0.25, 0.3) is 6.08 Å². The molecule has 0 N–H and O–H groups in total. The molecule has 0 aromatic heterocycles. The summed E-state index contributed by atoms with van der Waals surface area (Å²) in [7, 11) is 3.23. The van der Waals surface area contributed by atoms with Gasteiger partial charge in [-0.25, -0.2) is 4.99 Å². The van der Waals surface area contributed by atoms with Gasteiger partial charge in [-0.1, -0.05) is 18.2 Å². The summed E-state index contributed by atoms with van der Waals surface area (Å²) < 4.78 is 21.5. The van der Waals surface area contributed by atoms with Crippen LogP contribution in [0.1, 0.15) is 12.0 Å². The van der Waals surface area contributed by atoms with Gasteiger partial charge >= 0.3 is 0 Å². The van der Waals surface area contributed by atoms with Crippen LogP contribution < -0.4 is 14.2 Å². The van der Waals surface area contributed by atoms with Gasteiger partial charge in [0.15, 0.2) is 16.7 Å². The van der Waals surface area contributed by atoms with Crippen LogP contribution in [-0.4, -0.2) is 50.1 Å². The average Bonchev–Trinajstić information content (AvgIpc) is 3.34. The third-order valence-electron chi connectivity index (χ3n) is 4.58. The summed E-state index contributed by atoms with van der Waals surface area (Å²) in [5, 5.41) is 0.654. The highest BCUT2D eigenvalue weighted by molar-refractivity contribution is 8.18. The number of thioether (sulfide) groups is 1. The number of methoxy groups -OCH3 is 2. The van der Waals surface area contributed by atoms with Gasteiger partial charge in [0, 0.05) is 20.3 Å². The first kappa shape index (κ1) is 20.3. The lowest BCUT2D eigenvalue weighted by atomic mass is 10.1. The molecule has 2 aromatic rings. The Balaban J connectivity index is 1.65. The van der Waals surface area contributed by atoms with Crippen LogP contribution in [0, 0.1) is 0 Å². The Bertz CT molecular complexity index is 991. The smallest absolute Gasteiger partial charge is 0.266 e. The minimum absolute atomic E-state index is 0.0811. The molecule has 30 heavy (non-hydrogen) atoms. The molecule has 0 atom stereocenters. The summed E-state index contributed by atoms with van der Waals surface area (Å²) in [6, 6.07) is 13.3. The molecule has 4 rings (SSSR count). The van der Waals surface area contributed by atoms with Gasteiger partial charge < -0.3 is 18.9 Å². The van der Waals surface area contributed by atoms with E-state index in [-0.39, 0.29) is 12.7 Å². The highest BCUT2D eigenvalue weighted by atomic mass is 32.2. The summed E-state index contributed by atoms with van der Waals surface area (Å²) in [6.45, 7) is 1.26. The van der Waals surface area contributed by atoms with E-state index in [1.165, 1.54) is 11.8 Å². The third-order valence-corrected chi connectivity index (χ3v) is 5.58. The molecule has 156 valence electrons. The molecule has 2 aliphatic heterocycles. The van der Waals surface area contributed by atoms with Crippen molar-refractivity contribution in [1.82, 2.24) is 4.90 Å². The summed E-state index contributed by atoms with van der Waals surface area (Å²) in [5.41, 5.74) is 1.60. The summed E-state index contributed by atoms with van der Waals surface area (Å²) >= 11 is 1.36. The second kappa shape index (κ2) is 9.23. The molecule has 0 aliphatic carbocycles. The first-order chi connectivity index (χ1) is 14.7. The van der Waals surface area contributed by atoms with Gasteiger partial charge in [0.25, 0.3) is 5.91 Å². The second-order valence-electron chi connectivity index (χ2n) is 6.60. The van der Waals surface area contributed by atoms with E-state index in [0.29, 0.717) is 40.5 Å². The molecular formula is C22H22N2O5S. The molecule has 0 saturated carbocycles. The van der Waals surface area contributed by atoms with Crippen molar-refractivity contribution in [2.45, 2.75) is 6.42 Å². The Morgan fingerprint density at radius 1 is 1.20 bits per heavy atom. The van der Waals surface area contributed by atoms with Gasteiger partial charge in [0.1, 0.15) is 0 Å². The number of para-hydroxylation sites is 1. The van der Waals surface area contributed by atoms with E-state index in [2.05, 4.69) is 4.99 Å². The predicted octanol–water partition coefficient (Wildman–Crippen LogP) is 4.06. The molecule has 7 nitrogen and oxygen atoms in total. The molecule has 1 fully saturated rings. The lowest BCUT2D eigenvalue weighted by Crippen LogP contribution is -2.30. The van der Waals surface area contributed by atoms with Crippen molar-refractivity contribution < 1.29 is 23.7 Å². The van der Waals surface area contributed by atoms with E-state index < -0.39 is 0 Å². The molecule has 2 aromatic carbocycles. The fourth-order valence-electron chi connectivity index (χ4n) is 3.15. The fourth-order valence-corrected chi connectivity index (χ4v) is 4.18. The maximum absolute atomic E-state index is 13.1. The van der Waals surface area contributed by atoms with Crippen molar-refractivity contribution in [3.8, 4) is 17.2 Å². The number of rotatable bonds is 7. The van der Waals surface area contributed by atoms with Crippen LogP contribution in [-0.2, 0) is 9.53 Å². The van der Waals surface area contributed by atoms with Crippen LogP contribution in [0.4, 0.5) is 5.69 Å². The predicted molar refractivity (Wildman–Crippen MR) is 116 cm³/mol. The highest BCUT2D eigenvalue weighted by Crippen LogP contribution is 2.43. The minimum atomic E-state index is -0.0811. The van der Waals surface area contributed by atoms with Gasteiger partial charge in [0.2, 0.25) is 12.5 Å². The number of ether oxygens (including phenoxy) is 4.